The molecule has 0 saturated heterocycles. The Morgan fingerprint density at radius 1 is 1.04 bits per heavy atom. The van der Waals surface area contributed by atoms with Gasteiger partial charge in [-0.2, -0.15) is 0 Å². The number of benzene rings is 2. The molecule has 0 aromatic heterocycles. The van der Waals surface area contributed by atoms with E-state index in [0.717, 1.165) is 0 Å². The van der Waals surface area contributed by atoms with Gasteiger partial charge in [0.15, 0.2) is 0 Å². The van der Waals surface area contributed by atoms with Crippen molar-refractivity contribution < 1.29 is 9.53 Å². The lowest BCUT2D eigenvalue weighted by Crippen LogP contribution is -2.37. The zero-order valence-electron chi connectivity index (χ0n) is 14.6. The molecule has 122 valence electrons. The first-order chi connectivity index (χ1) is 10.9. The predicted octanol–water partition coefficient (Wildman–Crippen LogP) is 4.39. The molecule has 2 aromatic carbocycles. The number of carbonyl (C=O) groups is 1. The number of rotatable bonds is 6. The van der Waals surface area contributed by atoms with E-state index in [1.807, 2.05) is 13.0 Å². The van der Waals surface area contributed by atoms with Crippen molar-refractivity contribution >= 4 is 19.2 Å². The number of hydrogen-bond donors (Lipinski definition) is 0. The highest BCUT2D eigenvalue weighted by Gasteiger charge is 2.17. The van der Waals surface area contributed by atoms with Gasteiger partial charge in [0.1, 0.15) is 0 Å². The highest BCUT2D eigenvalue weighted by atomic mass is 28.3. The Hall–Kier alpha value is -1.87. The van der Waals surface area contributed by atoms with E-state index in [1.165, 1.54) is 21.9 Å². The maximum atomic E-state index is 11.6. The molecule has 0 radical (unpaired) electrons. The Kier molecular flexibility index (Phi) is 5.78. The molecule has 0 aliphatic carbocycles. The Morgan fingerprint density at radius 2 is 1.78 bits per heavy atom. The highest BCUT2D eigenvalue weighted by molar-refractivity contribution is 6.88. The lowest BCUT2D eigenvalue weighted by Gasteiger charge is -2.18. The molecule has 0 N–H and O–H groups in total. The van der Waals surface area contributed by atoms with Crippen molar-refractivity contribution in [2.75, 3.05) is 6.61 Å². The number of hydrogen-bond acceptors (Lipinski definition) is 2. The zero-order chi connectivity index (χ0) is 16.9. The summed E-state index contributed by atoms with van der Waals surface area (Å²) in [7, 11) is -1.34. The number of ether oxygens (including phenoxy) is 1. The van der Waals surface area contributed by atoms with Crippen LogP contribution in [-0.2, 0) is 16.0 Å². The summed E-state index contributed by atoms with van der Waals surface area (Å²) in [6.07, 6.45) is 1.14. The second kappa shape index (κ2) is 7.60. The minimum Gasteiger partial charge on any atom is -0.466 e. The van der Waals surface area contributed by atoms with Crippen molar-refractivity contribution in [3.8, 4) is 11.1 Å². The van der Waals surface area contributed by atoms with Gasteiger partial charge < -0.3 is 4.74 Å². The molecule has 0 saturated carbocycles. The van der Waals surface area contributed by atoms with Gasteiger partial charge >= 0.3 is 5.97 Å². The van der Waals surface area contributed by atoms with Crippen molar-refractivity contribution in [2.45, 2.75) is 39.4 Å². The van der Waals surface area contributed by atoms with E-state index in [-0.39, 0.29) is 5.97 Å². The largest absolute Gasteiger partial charge is 0.466 e. The van der Waals surface area contributed by atoms with Crippen LogP contribution in [0.4, 0.5) is 0 Å². The van der Waals surface area contributed by atoms with E-state index in [2.05, 4.69) is 62.1 Å². The molecule has 3 heteroatoms. The van der Waals surface area contributed by atoms with Crippen LogP contribution >= 0.6 is 0 Å². The van der Waals surface area contributed by atoms with Crippen molar-refractivity contribution in [3.63, 3.8) is 0 Å². The van der Waals surface area contributed by atoms with Crippen LogP contribution in [0.3, 0.4) is 0 Å². The van der Waals surface area contributed by atoms with Gasteiger partial charge in [0, 0.05) is 6.42 Å². The lowest BCUT2D eigenvalue weighted by atomic mass is 9.97. The van der Waals surface area contributed by atoms with Gasteiger partial charge in [-0.05, 0) is 30.0 Å². The lowest BCUT2D eigenvalue weighted by molar-refractivity contribution is -0.143. The molecule has 2 aromatic rings. The van der Waals surface area contributed by atoms with E-state index in [9.17, 15) is 4.79 Å². The Labute approximate surface area is 140 Å². The molecule has 0 amide bonds. The topological polar surface area (TPSA) is 26.3 Å². The van der Waals surface area contributed by atoms with Crippen LogP contribution in [-0.4, -0.2) is 20.7 Å². The van der Waals surface area contributed by atoms with Crippen LogP contribution < -0.4 is 5.19 Å². The first-order valence-electron chi connectivity index (χ1n) is 8.26. The summed E-state index contributed by atoms with van der Waals surface area (Å²) in [4.78, 5) is 11.6. The molecule has 0 atom stereocenters. The third-order valence-corrected chi connectivity index (χ3v) is 6.00. The molecular weight excluding hydrogens is 300 g/mol. The van der Waals surface area contributed by atoms with Gasteiger partial charge in [-0.1, -0.05) is 73.4 Å². The fourth-order valence-corrected chi connectivity index (χ4v) is 3.83. The third-order valence-electron chi connectivity index (χ3n) is 3.96. The summed E-state index contributed by atoms with van der Waals surface area (Å²) in [5.74, 6) is -0.127. The number of carbonyl (C=O) groups excluding carboxylic acids is 1. The Bertz CT molecular complexity index is 671. The van der Waals surface area contributed by atoms with Gasteiger partial charge in [0.05, 0.1) is 14.7 Å². The molecule has 0 heterocycles. The van der Waals surface area contributed by atoms with Gasteiger partial charge in [0.25, 0.3) is 0 Å². The summed E-state index contributed by atoms with van der Waals surface area (Å²) >= 11 is 0. The quantitative estimate of drug-likeness (QED) is 0.581. The van der Waals surface area contributed by atoms with Crippen LogP contribution in [0.1, 0.15) is 18.9 Å². The average molecular weight is 327 g/mol. The summed E-state index contributed by atoms with van der Waals surface area (Å²) in [5, 5.41) is 1.45. The molecule has 0 spiro atoms. The second-order valence-electron chi connectivity index (χ2n) is 6.79. The van der Waals surface area contributed by atoms with E-state index in [4.69, 9.17) is 4.74 Å². The van der Waals surface area contributed by atoms with Crippen molar-refractivity contribution in [1.82, 2.24) is 0 Å². The van der Waals surface area contributed by atoms with Crippen molar-refractivity contribution in [1.29, 1.82) is 0 Å². The molecule has 23 heavy (non-hydrogen) atoms. The second-order valence-corrected chi connectivity index (χ2v) is 11.9. The zero-order valence-corrected chi connectivity index (χ0v) is 15.6. The fourth-order valence-electron chi connectivity index (χ4n) is 2.64. The van der Waals surface area contributed by atoms with E-state index in [0.29, 0.717) is 19.4 Å². The smallest absolute Gasteiger partial charge is 0.306 e. The predicted molar refractivity (Wildman–Crippen MR) is 99.8 cm³/mol. The van der Waals surface area contributed by atoms with Crippen molar-refractivity contribution in [3.05, 3.63) is 54.1 Å². The molecule has 0 bridgehead atoms. The third kappa shape index (κ3) is 4.80. The summed E-state index contributed by atoms with van der Waals surface area (Å²) in [6.45, 7) is 9.36. The molecule has 0 aliphatic heterocycles. The summed E-state index contributed by atoms with van der Waals surface area (Å²) in [5.41, 5.74) is 3.66. The fraction of sp³-hybridized carbons (Fsp3) is 0.350. The normalized spacial score (nSPS) is 11.3. The SMILES string of the molecule is CCOC(=O)CCc1ccccc1-c1cccc([Si](C)(C)C)c1. The minimum atomic E-state index is -1.34. The van der Waals surface area contributed by atoms with Gasteiger partial charge in [0.2, 0.25) is 0 Å². The molecule has 0 fully saturated rings. The van der Waals surface area contributed by atoms with E-state index in [1.54, 1.807) is 0 Å². The molecule has 0 unspecified atom stereocenters. The summed E-state index contributed by atoms with van der Waals surface area (Å²) < 4.78 is 5.04. The minimum absolute atomic E-state index is 0.127. The standard InChI is InChI=1S/C20H26O2Si/c1-5-22-20(21)14-13-16-9-6-7-12-19(16)17-10-8-11-18(15-17)23(2,3)4/h6-12,15H,5,13-14H2,1-4H3. The van der Waals surface area contributed by atoms with Gasteiger partial charge in [-0.3, -0.25) is 4.79 Å². The number of aryl methyl sites for hydroxylation is 1. The maximum Gasteiger partial charge on any atom is 0.306 e. The first kappa shape index (κ1) is 17.5. The first-order valence-corrected chi connectivity index (χ1v) is 11.8. The highest BCUT2D eigenvalue weighted by Crippen LogP contribution is 2.24. The van der Waals surface area contributed by atoms with Gasteiger partial charge in [-0.25, -0.2) is 0 Å². The van der Waals surface area contributed by atoms with E-state index < -0.39 is 8.07 Å². The molecule has 0 aliphatic rings. The maximum absolute atomic E-state index is 11.6. The van der Waals surface area contributed by atoms with Crippen LogP contribution in [0, 0.1) is 0 Å². The van der Waals surface area contributed by atoms with E-state index >= 15 is 0 Å². The molecular formula is C20H26O2Si. The van der Waals surface area contributed by atoms with Crippen LogP contribution in [0.5, 0.6) is 0 Å². The van der Waals surface area contributed by atoms with Crippen LogP contribution in [0.2, 0.25) is 19.6 Å². The average Bonchev–Trinajstić information content (AvgIpc) is 2.53. The van der Waals surface area contributed by atoms with Crippen molar-refractivity contribution in [2.24, 2.45) is 0 Å². The summed E-state index contributed by atoms with van der Waals surface area (Å²) in [6, 6.07) is 17.2. The van der Waals surface area contributed by atoms with Gasteiger partial charge in [-0.15, -0.1) is 0 Å². The monoisotopic (exact) mass is 326 g/mol. The van der Waals surface area contributed by atoms with Crippen LogP contribution in [0.15, 0.2) is 48.5 Å². The molecule has 2 nitrogen and oxygen atoms in total. The number of esters is 1. The Morgan fingerprint density at radius 3 is 2.48 bits per heavy atom. The Balaban J connectivity index is 2.28. The van der Waals surface area contributed by atoms with Crippen LogP contribution in [0.25, 0.3) is 11.1 Å². The molecule has 2 rings (SSSR count).